The number of methoxy groups -OCH3 is 1. The van der Waals surface area contributed by atoms with Gasteiger partial charge in [-0.05, 0) is 88.2 Å². The van der Waals surface area contributed by atoms with Gasteiger partial charge >= 0.3 is 6.03 Å². The Morgan fingerprint density at radius 3 is 2.44 bits per heavy atom. The third-order valence-electron chi connectivity index (χ3n) is 5.54. The average molecular weight is 600 g/mol. The molecule has 0 unspecified atom stereocenters. The van der Waals surface area contributed by atoms with Gasteiger partial charge < -0.3 is 9.47 Å². The Balaban J connectivity index is 1.63. The molecule has 3 aromatic rings. The van der Waals surface area contributed by atoms with Gasteiger partial charge in [-0.3, -0.25) is 14.9 Å². The molecule has 1 aliphatic rings. The summed E-state index contributed by atoms with van der Waals surface area (Å²) in [5.41, 5.74) is 2.38. The number of benzene rings is 3. The Kier molecular flexibility index (Phi) is 7.68. The first-order valence-electron chi connectivity index (χ1n) is 11.1. The molecule has 7 nitrogen and oxygen atoms in total. The number of nitrogens with zero attached hydrogens (tertiary/aromatic N) is 1. The molecule has 36 heavy (non-hydrogen) atoms. The van der Waals surface area contributed by atoms with Crippen LogP contribution in [0.25, 0.3) is 6.08 Å². The minimum Gasteiger partial charge on any atom is -0.493 e. The van der Waals surface area contributed by atoms with E-state index in [2.05, 4.69) is 27.9 Å². The molecule has 4 amide bonds. The number of rotatable bonds is 7. The number of nitrogens with one attached hydrogen (secondary N) is 1. The van der Waals surface area contributed by atoms with Crippen LogP contribution in [-0.2, 0) is 22.6 Å². The van der Waals surface area contributed by atoms with Crippen molar-refractivity contribution in [2.24, 2.45) is 0 Å². The van der Waals surface area contributed by atoms with Crippen LogP contribution in [0.3, 0.4) is 0 Å². The molecule has 1 N–H and O–H groups in total. The van der Waals surface area contributed by atoms with Crippen LogP contribution < -0.4 is 19.7 Å². The zero-order valence-corrected chi connectivity index (χ0v) is 21.7. The maximum absolute atomic E-state index is 13.5. The number of anilines is 1. The number of hydrogen-bond donors (Lipinski definition) is 1. The summed E-state index contributed by atoms with van der Waals surface area (Å²) < 4.78 is 25.5. The second-order valence-corrected chi connectivity index (χ2v) is 9.09. The number of hydrogen-bond acceptors (Lipinski definition) is 5. The molecule has 0 aromatic heterocycles. The van der Waals surface area contributed by atoms with E-state index in [4.69, 9.17) is 9.47 Å². The van der Waals surface area contributed by atoms with E-state index >= 15 is 0 Å². The summed E-state index contributed by atoms with van der Waals surface area (Å²) in [5, 5.41) is 2.23. The fraction of sp³-hybridized carbons (Fsp3) is 0.148. The molecule has 9 heteroatoms. The normalized spacial score (nSPS) is 14.7. The zero-order chi connectivity index (χ0) is 25.8. The molecule has 0 bridgehead atoms. The van der Waals surface area contributed by atoms with Crippen LogP contribution in [0.2, 0.25) is 0 Å². The highest BCUT2D eigenvalue weighted by Crippen LogP contribution is 2.35. The van der Waals surface area contributed by atoms with Gasteiger partial charge in [0, 0.05) is 0 Å². The third-order valence-corrected chi connectivity index (χ3v) is 6.34. The number of ether oxygens (including phenoxy) is 2. The Labute approximate surface area is 221 Å². The Morgan fingerprint density at radius 1 is 1.03 bits per heavy atom. The standard InChI is InChI=1S/C27H22FIN2O5/c1-3-16-7-9-20(10-8-16)31-26(33)21(25(32)30-27(31)34)12-18-13-22(29)24(23(14-18)35-2)36-15-17-5-4-6-19(28)11-17/h4-14H,3,15H2,1-2H3,(H,30,32,34)/b21-12-. The molecule has 0 aliphatic carbocycles. The van der Waals surface area contributed by atoms with Crippen molar-refractivity contribution in [2.75, 3.05) is 12.0 Å². The predicted octanol–water partition coefficient (Wildman–Crippen LogP) is 5.25. The summed E-state index contributed by atoms with van der Waals surface area (Å²) >= 11 is 2.05. The predicted molar refractivity (Wildman–Crippen MR) is 141 cm³/mol. The second kappa shape index (κ2) is 10.9. The molecule has 0 saturated carbocycles. The largest absolute Gasteiger partial charge is 0.493 e. The van der Waals surface area contributed by atoms with Crippen LogP contribution >= 0.6 is 22.6 Å². The maximum atomic E-state index is 13.5. The fourth-order valence-corrected chi connectivity index (χ4v) is 4.47. The molecule has 0 radical (unpaired) electrons. The van der Waals surface area contributed by atoms with Gasteiger partial charge in [0.15, 0.2) is 11.5 Å². The average Bonchev–Trinajstić information content (AvgIpc) is 2.86. The van der Waals surface area contributed by atoms with E-state index in [1.165, 1.54) is 25.3 Å². The first-order valence-corrected chi connectivity index (χ1v) is 12.1. The Hall–Kier alpha value is -3.73. The summed E-state index contributed by atoms with van der Waals surface area (Å²) in [6, 6.07) is 15.6. The number of barbiturate groups is 1. The molecular formula is C27H22FIN2O5. The van der Waals surface area contributed by atoms with Crippen molar-refractivity contribution in [3.63, 3.8) is 0 Å². The summed E-state index contributed by atoms with van der Waals surface area (Å²) in [4.78, 5) is 39.1. The van der Waals surface area contributed by atoms with Gasteiger partial charge in [0.2, 0.25) is 0 Å². The first kappa shape index (κ1) is 25.4. The third kappa shape index (κ3) is 5.40. The molecule has 4 rings (SSSR count). The molecule has 1 aliphatic heterocycles. The van der Waals surface area contributed by atoms with Gasteiger partial charge in [0.25, 0.3) is 11.8 Å². The molecule has 184 valence electrons. The van der Waals surface area contributed by atoms with Crippen LogP contribution in [0.1, 0.15) is 23.6 Å². The maximum Gasteiger partial charge on any atom is 0.335 e. The molecule has 0 spiro atoms. The number of imide groups is 2. The Morgan fingerprint density at radius 2 is 1.78 bits per heavy atom. The first-order chi connectivity index (χ1) is 17.3. The van der Waals surface area contributed by atoms with Crippen molar-refractivity contribution in [1.29, 1.82) is 0 Å². The number of halogens is 2. The van der Waals surface area contributed by atoms with Crippen molar-refractivity contribution in [3.8, 4) is 11.5 Å². The van der Waals surface area contributed by atoms with Gasteiger partial charge in [0.05, 0.1) is 16.4 Å². The zero-order valence-electron chi connectivity index (χ0n) is 19.5. The SMILES string of the molecule is CCc1ccc(N2C(=O)NC(=O)/C(=C/c3cc(I)c(OCc4cccc(F)c4)c(OC)c3)C2=O)cc1. The lowest BCUT2D eigenvalue weighted by Crippen LogP contribution is -2.54. The molecule has 1 heterocycles. The van der Waals surface area contributed by atoms with E-state index in [0.717, 1.165) is 16.9 Å². The lowest BCUT2D eigenvalue weighted by atomic mass is 10.1. The highest BCUT2D eigenvalue weighted by atomic mass is 127. The van der Waals surface area contributed by atoms with E-state index < -0.39 is 17.8 Å². The topological polar surface area (TPSA) is 84.9 Å². The van der Waals surface area contributed by atoms with Gasteiger partial charge in [-0.25, -0.2) is 14.1 Å². The molecule has 0 atom stereocenters. The number of carbonyl (C=O) groups excluding carboxylic acids is 3. The minimum absolute atomic E-state index is 0.124. The summed E-state index contributed by atoms with van der Waals surface area (Å²) in [6.45, 7) is 2.13. The van der Waals surface area contributed by atoms with Crippen LogP contribution in [-0.4, -0.2) is 25.0 Å². The quantitative estimate of drug-likeness (QED) is 0.228. The number of amides is 4. The summed E-state index contributed by atoms with van der Waals surface area (Å²) in [6.07, 6.45) is 2.21. The van der Waals surface area contributed by atoms with Crippen LogP contribution in [0.4, 0.5) is 14.9 Å². The van der Waals surface area contributed by atoms with Crippen molar-refractivity contribution >= 4 is 52.2 Å². The van der Waals surface area contributed by atoms with E-state index in [1.807, 2.05) is 19.1 Å². The van der Waals surface area contributed by atoms with E-state index in [9.17, 15) is 18.8 Å². The molecule has 3 aromatic carbocycles. The highest BCUT2D eigenvalue weighted by molar-refractivity contribution is 14.1. The van der Waals surface area contributed by atoms with Crippen molar-refractivity contribution in [2.45, 2.75) is 20.0 Å². The summed E-state index contributed by atoms with van der Waals surface area (Å²) in [5.74, 6) is -1.06. The van der Waals surface area contributed by atoms with E-state index in [-0.39, 0.29) is 18.0 Å². The fourth-order valence-electron chi connectivity index (χ4n) is 3.68. The van der Waals surface area contributed by atoms with Crippen LogP contribution in [0.15, 0.2) is 66.2 Å². The van der Waals surface area contributed by atoms with Crippen molar-refractivity contribution < 1.29 is 28.2 Å². The van der Waals surface area contributed by atoms with E-state index in [0.29, 0.717) is 31.9 Å². The van der Waals surface area contributed by atoms with Crippen molar-refractivity contribution in [3.05, 3.63) is 92.3 Å². The van der Waals surface area contributed by atoms with Crippen LogP contribution in [0, 0.1) is 9.39 Å². The van der Waals surface area contributed by atoms with Gasteiger partial charge in [-0.1, -0.05) is 31.2 Å². The monoisotopic (exact) mass is 600 g/mol. The number of carbonyl (C=O) groups is 3. The molecular weight excluding hydrogens is 578 g/mol. The Bertz CT molecular complexity index is 1370. The van der Waals surface area contributed by atoms with Gasteiger partial charge in [-0.2, -0.15) is 0 Å². The highest BCUT2D eigenvalue weighted by Gasteiger charge is 2.36. The summed E-state index contributed by atoms with van der Waals surface area (Å²) in [7, 11) is 1.47. The lowest BCUT2D eigenvalue weighted by Gasteiger charge is -2.26. The van der Waals surface area contributed by atoms with Gasteiger partial charge in [-0.15, -0.1) is 0 Å². The molecule has 1 fully saturated rings. The molecule has 1 saturated heterocycles. The van der Waals surface area contributed by atoms with Crippen LogP contribution in [0.5, 0.6) is 11.5 Å². The second-order valence-electron chi connectivity index (χ2n) is 7.93. The van der Waals surface area contributed by atoms with Crippen molar-refractivity contribution in [1.82, 2.24) is 5.32 Å². The number of urea groups is 1. The van der Waals surface area contributed by atoms with E-state index in [1.54, 1.807) is 36.4 Å². The van der Waals surface area contributed by atoms with Gasteiger partial charge in [0.1, 0.15) is 18.0 Å². The lowest BCUT2D eigenvalue weighted by molar-refractivity contribution is -0.122. The smallest absolute Gasteiger partial charge is 0.335 e. The minimum atomic E-state index is -0.806. The number of aryl methyl sites for hydroxylation is 1.